The molecule has 0 saturated carbocycles. The van der Waals surface area contributed by atoms with Crippen LogP contribution in [0.2, 0.25) is 0 Å². The fourth-order valence-electron chi connectivity index (χ4n) is 3.06. The summed E-state index contributed by atoms with van der Waals surface area (Å²) in [6.07, 6.45) is 2.35. The Morgan fingerprint density at radius 1 is 1.20 bits per heavy atom. The molecule has 3 rings (SSSR count). The van der Waals surface area contributed by atoms with Crippen molar-refractivity contribution in [2.75, 3.05) is 28.8 Å². The Kier molecular flexibility index (Phi) is 7.29. The van der Waals surface area contributed by atoms with Gasteiger partial charge in [-0.05, 0) is 48.3 Å². The maximum atomic E-state index is 13.0. The van der Waals surface area contributed by atoms with Gasteiger partial charge in [0.2, 0.25) is 11.8 Å². The van der Waals surface area contributed by atoms with Crippen molar-refractivity contribution in [3.05, 3.63) is 59.9 Å². The molecule has 0 aromatic heterocycles. The zero-order valence-corrected chi connectivity index (χ0v) is 17.3. The van der Waals surface area contributed by atoms with Gasteiger partial charge in [-0.3, -0.25) is 14.5 Å². The van der Waals surface area contributed by atoms with Crippen LogP contribution in [0.15, 0.2) is 48.5 Å². The third-order valence-electron chi connectivity index (χ3n) is 4.62. The quantitative estimate of drug-likeness (QED) is 0.630. The third-order valence-corrected chi connectivity index (χ3v) is 5.26. The number of nitrogens with one attached hydrogen (secondary N) is 3. The average molecular weight is 431 g/mol. The number of halogens is 1. The molecule has 0 saturated heterocycles. The number of rotatable bonds is 7. The summed E-state index contributed by atoms with van der Waals surface area (Å²) >= 11 is 1.56. The molecule has 0 radical (unpaired) electrons. The Morgan fingerprint density at radius 3 is 2.67 bits per heavy atom. The lowest BCUT2D eigenvalue weighted by Gasteiger charge is -2.30. The first kappa shape index (κ1) is 21.6. The van der Waals surface area contributed by atoms with Crippen LogP contribution in [-0.4, -0.2) is 42.4 Å². The number of nitrogens with zero attached hydrogens (tertiary/aromatic N) is 1. The van der Waals surface area contributed by atoms with E-state index in [1.54, 1.807) is 48.2 Å². The molecule has 0 bridgehead atoms. The molecular weight excluding hydrogens is 407 g/mol. The lowest BCUT2D eigenvalue weighted by atomic mass is 10.1. The first-order chi connectivity index (χ1) is 14.5. The van der Waals surface area contributed by atoms with Crippen molar-refractivity contribution in [1.82, 2.24) is 10.6 Å². The highest BCUT2D eigenvalue weighted by Crippen LogP contribution is 2.28. The predicted molar refractivity (Wildman–Crippen MR) is 116 cm³/mol. The van der Waals surface area contributed by atoms with Gasteiger partial charge in [0.25, 0.3) is 0 Å². The number of anilines is 2. The normalized spacial score (nSPS) is 13.8. The monoisotopic (exact) mass is 430 g/mol. The standard InChI is InChI=1S/C21H23FN4O3S/c1-30-11-10-17(20(28)23-12-14-6-8-15(22)9-7-14)25-21(29)26-13-19(27)24-16-4-2-3-5-18(16)26/h2-9,17H,10-13H2,1H3,(H,23,28)(H,24,27)(H,25,29). The van der Waals surface area contributed by atoms with Gasteiger partial charge in [-0.2, -0.15) is 11.8 Å². The zero-order chi connectivity index (χ0) is 21.5. The van der Waals surface area contributed by atoms with E-state index < -0.39 is 12.1 Å². The highest BCUT2D eigenvalue weighted by atomic mass is 32.2. The van der Waals surface area contributed by atoms with E-state index in [0.717, 1.165) is 5.56 Å². The molecule has 1 unspecified atom stereocenters. The van der Waals surface area contributed by atoms with E-state index in [-0.39, 0.29) is 30.7 Å². The van der Waals surface area contributed by atoms with Gasteiger partial charge in [0.05, 0.1) is 11.4 Å². The highest BCUT2D eigenvalue weighted by Gasteiger charge is 2.29. The van der Waals surface area contributed by atoms with Crippen molar-refractivity contribution in [2.24, 2.45) is 0 Å². The summed E-state index contributed by atoms with van der Waals surface area (Å²) in [5, 5.41) is 8.26. The SMILES string of the molecule is CSCCC(NC(=O)N1CC(=O)Nc2ccccc21)C(=O)NCc1ccc(F)cc1. The Morgan fingerprint density at radius 2 is 1.93 bits per heavy atom. The summed E-state index contributed by atoms with van der Waals surface area (Å²) in [4.78, 5) is 38.9. The number of carbonyl (C=O) groups excluding carboxylic acids is 3. The molecule has 4 amide bonds. The number of hydrogen-bond donors (Lipinski definition) is 3. The molecule has 158 valence electrons. The minimum absolute atomic E-state index is 0.130. The molecule has 9 heteroatoms. The van der Waals surface area contributed by atoms with Crippen molar-refractivity contribution < 1.29 is 18.8 Å². The van der Waals surface area contributed by atoms with Crippen molar-refractivity contribution in [3.63, 3.8) is 0 Å². The fourth-order valence-corrected chi connectivity index (χ4v) is 3.53. The summed E-state index contributed by atoms with van der Waals surface area (Å²) in [5.74, 6) is -0.311. The van der Waals surface area contributed by atoms with Gasteiger partial charge in [0, 0.05) is 6.54 Å². The molecule has 7 nitrogen and oxygen atoms in total. The van der Waals surface area contributed by atoms with Crippen LogP contribution in [0.5, 0.6) is 0 Å². The van der Waals surface area contributed by atoms with Crippen LogP contribution >= 0.6 is 11.8 Å². The summed E-state index contributed by atoms with van der Waals surface area (Å²) in [7, 11) is 0. The number of fused-ring (bicyclic) bond motifs is 1. The van der Waals surface area contributed by atoms with E-state index >= 15 is 0 Å². The molecule has 1 atom stereocenters. The van der Waals surface area contributed by atoms with Crippen LogP contribution in [0.4, 0.5) is 20.6 Å². The van der Waals surface area contributed by atoms with Gasteiger partial charge in [-0.1, -0.05) is 24.3 Å². The van der Waals surface area contributed by atoms with E-state index in [1.165, 1.54) is 17.0 Å². The second kappa shape index (κ2) is 10.1. The first-order valence-electron chi connectivity index (χ1n) is 9.46. The maximum absolute atomic E-state index is 13.0. The van der Waals surface area contributed by atoms with Crippen LogP contribution in [0.3, 0.4) is 0 Å². The van der Waals surface area contributed by atoms with Gasteiger partial charge < -0.3 is 16.0 Å². The number of hydrogen-bond acceptors (Lipinski definition) is 4. The van der Waals surface area contributed by atoms with Gasteiger partial charge in [-0.15, -0.1) is 0 Å². The number of thioether (sulfide) groups is 1. The molecule has 2 aromatic rings. The number of benzene rings is 2. The smallest absolute Gasteiger partial charge is 0.323 e. The molecular formula is C21H23FN4O3S. The topological polar surface area (TPSA) is 90.5 Å². The molecule has 0 aliphatic carbocycles. The largest absolute Gasteiger partial charge is 0.350 e. The Hall–Kier alpha value is -3.07. The molecule has 0 fully saturated rings. The van der Waals surface area contributed by atoms with E-state index in [0.29, 0.717) is 23.5 Å². The van der Waals surface area contributed by atoms with Crippen LogP contribution in [0.1, 0.15) is 12.0 Å². The Bertz CT molecular complexity index is 923. The van der Waals surface area contributed by atoms with E-state index in [2.05, 4.69) is 16.0 Å². The lowest BCUT2D eigenvalue weighted by molar-refractivity contribution is -0.123. The van der Waals surface area contributed by atoms with Crippen LogP contribution in [0, 0.1) is 5.82 Å². The predicted octanol–water partition coefficient (Wildman–Crippen LogP) is 2.73. The molecule has 1 heterocycles. The van der Waals surface area contributed by atoms with Crippen LogP contribution in [-0.2, 0) is 16.1 Å². The molecule has 30 heavy (non-hydrogen) atoms. The van der Waals surface area contributed by atoms with Crippen molar-refractivity contribution in [2.45, 2.75) is 19.0 Å². The van der Waals surface area contributed by atoms with Crippen LogP contribution in [0.25, 0.3) is 0 Å². The van der Waals surface area contributed by atoms with Crippen molar-refractivity contribution in [3.8, 4) is 0 Å². The molecule has 1 aliphatic heterocycles. The van der Waals surface area contributed by atoms with E-state index in [4.69, 9.17) is 0 Å². The van der Waals surface area contributed by atoms with Gasteiger partial charge >= 0.3 is 6.03 Å². The number of urea groups is 1. The number of para-hydroxylation sites is 2. The number of carbonyl (C=O) groups is 3. The molecule has 1 aliphatic rings. The van der Waals surface area contributed by atoms with Gasteiger partial charge in [-0.25, -0.2) is 9.18 Å². The average Bonchev–Trinajstić information content (AvgIpc) is 2.75. The Labute approximate surface area is 178 Å². The van der Waals surface area contributed by atoms with Crippen LogP contribution < -0.4 is 20.9 Å². The molecule has 3 N–H and O–H groups in total. The summed E-state index contributed by atoms with van der Waals surface area (Å²) in [5.41, 5.74) is 1.87. The lowest BCUT2D eigenvalue weighted by Crippen LogP contribution is -2.54. The summed E-state index contributed by atoms with van der Waals surface area (Å²) in [6.45, 7) is 0.0923. The van der Waals surface area contributed by atoms with E-state index in [9.17, 15) is 18.8 Å². The minimum atomic E-state index is -0.762. The highest BCUT2D eigenvalue weighted by molar-refractivity contribution is 7.98. The van der Waals surface area contributed by atoms with Gasteiger partial charge in [0.1, 0.15) is 18.4 Å². The minimum Gasteiger partial charge on any atom is -0.350 e. The maximum Gasteiger partial charge on any atom is 0.323 e. The van der Waals surface area contributed by atoms with Crippen molar-refractivity contribution in [1.29, 1.82) is 0 Å². The second-order valence-corrected chi connectivity index (χ2v) is 7.76. The van der Waals surface area contributed by atoms with E-state index in [1.807, 2.05) is 6.26 Å². The second-order valence-electron chi connectivity index (χ2n) is 6.78. The first-order valence-corrected chi connectivity index (χ1v) is 10.9. The molecule has 2 aromatic carbocycles. The fraction of sp³-hybridized carbons (Fsp3) is 0.286. The number of amides is 4. The molecule has 0 spiro atoms. The Balaban J connectivity index is 1.67. The van der Waals surface area contributed by atoms with Crippen molar-refractivity contribution >= 4 is 41.0 Å². The summed E-state index contributed by atoms with van der Waals surface area (Å²) in [6, 6.07) is 11.6. The zero-order valence-electron chi connectivity index (χ0n) is 16.5. The van der Waals surface area contributed by atoms with Gasteiger partial charge in [0.15, 0.2) is 0 Å². The third kappa shape index (κ3) is 5.50. The summed E-state index contributed by atoms with van der Waals surface area (Å²) < 4.78 is 13.0.